The molecule has 156 valence electrons. The van der Waals surface area contributed by atoms with Gasteiger partial charge in [-0.15, -0.1) is 11.3 Å². The third kappa shape index (κ3) is 4.78. The van der Waals surface area contributed by atoms with Crippen molar-refractivity contribution >= 4 is 33.4 Å². The summed E-state index contributed by atoms with van der Waals surface area (Å²) in [6.07, 6.45) is 0.262. The largest absolute Gasteiger partial charge is 0.490 e. The summed E-state index contributed by atoms with van der Waals surface area (Å²) in [7, 11) is 0. The fourth-order valence-electron chi connectivity index (χ4n) is 3.11. The van der Waals surface area contributed by atoms with E-state index in [0.29, 0.717) is 6.54 Å². The number of aliphatic carboxylic acids is 1. The van der Waals surface area contributed by atoms with Crippen LogP contribution >= 0.6 is 11.3 Å². The van der Waals surface area contributed by atoms with E-state index in [1.807, 2.05) is 25.3 Å². The van der Waals surface area contributed by atoms with Crippen molar-refractivity contribution in [2.75, 3.05) is 0 Å². The van der Waals surface area contributed by atoms with E-state index in [2.05, 4.69) is 19.9 Å². The molecule has 0 saturated carbocycles. The molecule has 3 N–H and O–H groups in total. The van der Waals surface area contributed by atoms with E-state index in [4.69, 9.17) is 9.90 Å². The number of hydrogen-bond acceptors (Lipinski definition) is 4. The second kappa shape index (κ2) is 8.27. The first kappa shape index (κ1) is 20.9. The van der Waals surface area contributed by atoms with Crippen LogP contribution in [-0.4, -0.2) is 37.7 Å². The van der Waals surface area contributed by atoms with Crippen LogP contribution in [-0.2, 0) is 24.3 Å². The van der Waals surface area contributed by atoms with Crippen LogP contribution in [0.25, 0.3) is 10.2 Å². The van der Waals surface area contributed by atoms with Gasteiger partial charge in [-0.2, -0.15) is 13.2 Å². The summed E-state index contributed by atoms with van der Waals surface area (Å²) in [6.45, 7) is 3.59. The Morgan fingerprint density at radius 2 is 2.10 bits per heavy atom. The van der Waals surface area contributed by atoms with E-state index in [1.54, 1.807) is 0 Å². The number of carbonyl (C=O) groups excluding carboxylic acids is 1. The molecule has 0 radical (unpaired) electrons. The summed E-state index contributed by atoms with van der Waals surface area (Å²) >= 11 is 1.52. The molecule has 0 saturated heterocycles. The van der Waals surface area contributed by atoms with E-state index >= 15 is 0 Å². The molecule has 7 nitrogen and oxygen atoms in total. The fourth-order valence-corrected chi connectivity index (χ4v) is 4.06. The molecule has 0 spiro atoms. The summed E-state index contributed by atoms with van der Waals surface area (Å²) in [5, 5.41) is 10.2. The summed E-state index contributed by atoms with van der Waals surface area (Å²) in [5.41, 5.74) is 3.20. The predicted molar refractivity (Wildman–Crippen MR) is 101 cm³/mol. The molecule has 3 aromatic rings. The molecule has 0 aromatic carbocycles. The maximum atomic E-state index is 12.3. The van der Waals surface area contributed by atoms with Crippen molar-refractivity contribution in [3.05, 3.63) is 40.4 Å². The highest BCUT2D eigenvalue weighted by Gasteiger charge is 2.38. The summed E-state index contributed by atoms with van der Waals surface area (Å²) in [6, 6.07) is 3.91. The van der Waals surface area contributed by atoms with Gasteiger partial charge in [-0.1, -0.05) is 0 Å². The minimum atomic E-state index is -5.08. The molecule has 0 aliphatic carbocycles. The molecular formula is C18H19F3N4O3S. The zero-order valence-corrected chi connectivity index (χ0v) is 16.3. The number of carbonyl (C=O) groups is 2. The number of carboxylic acid groups (broad SMARTS) is 1. The normalized spacial score (nSPS) is 13.5. The Bertz CT molecular complexity index is 1010. The number of aromatic amines is 1. The van der Waals surface area contributed by atoms with E-state index in [9.17, 15) is 18.0 Å². The first-order chi connectivity index (χ1) is 13.7. The van der Waals surface area contributed by atoms with Crippen LogP contribution in [0, 0.1) is 6.92 Å². The Kier molecular flexibility index (Phi) is 5.96. The Labute approximate surface area is 167 Å². The molecule has 0 fully saturated rings. The summed E-state index contributed by atoms with van der Waals surface area (Å²) in [5.74, 6) is -1.61. The van der Waals surface area contributed by atoms with E-state index in [1.165, 1.54) is 24.2 Å². The molecule has 0 atom stereocenters. The van der Waals surface area contributed by atoms with Crippen molar-refractivity contribution in [2.45, 2.75) is 45.5 Å². The number of aromatic nitrogens is 3. The maximum Gasteiger partial charge on any atom is 0.490 e. The van der Waals surface area contributed by atoms with Crippen LogP contribution < -0.4 is 5.32 Å². The number of nitrogens with one attached hydrogen (secondary N) is 2. The van der Waals surface area contributed by atoms with Gasteiger partial charge in [0.2, 0.25) is 0 Å². The van der Waals surface area contributed by atoms with Gasteiger partial charge in [0.1, 0.15) is 5.82 Å². The van der Waals surface area contributed by atoms with Gasteiger partial charge in [-0.3, -0.25) is 4.79 Å². The SMILES string of the molecule is Cc1nc2n(c1CNC(=O)c1cc3[nH]ccc3s1)CCCC2.O=C(O)C(F)(F)F. The van der Waals surface area contributed by atoms with Crippen LogP contribution in [0.5, 0.6) is 0 Å². The minimum absolute atomic E-state index is 0.0136. The summed E-state index contributed by atoms with van der Waals surface area (Å²) in [4.78, 5) is 29.8. The lowest BCUT2D eigenvalue weighted by Crippen LogP contribution is -2.25. The number of fused-ring (bicyclic) bond motifs is 2. The highest BCUT2D eigenvalue weighted by atomic mass is 32.1. The summed E-state index contributed by atoms with van der Waals surface area (Å²) < 4.78 is 35.1. The topological polar surface area (TPSA) is 100 Å². The molecule has 11 heteroatoms. The van der Waals surface area contributed by atoms with Crippen LogP contribution in [0.4, 0.5) is 13.2 Å². The zero-order chi connectivity index (χ0) is 21.2. The van der Waals surface area contributed by atoms with Gasteiger partial charge in [0.15, 0.2) is 0 Å². The van der Waals surface area contributed by atoms with Crippen molar-refractivity contribution in [2.24, 2.45) is 0 Å². The van der Waals surface area contributed by atoms with Crippen LogP contribution in [0.3, 0.4) is 0 Å². The standard InChI is InChI=1S/C16H18N4OS.C2HF3O2/c1-10-12(20-7-3-2-4-15(20)19-10)9-18-16(21)14-8-11-13(22-14)5-6-17-11;3-2(4,5)1(6)7/h5-6,8,17H,2-4,7,9H2,1H3,(H,18,21);(H,6,7). The van der Waals surface area contributed by atoms with Gasteiger partial charge < -0.3 is 20.0 Å². The van der Waals surface area contributed by atoms with Crippen molar-refractivity contribution in [1.82, 2.24) is 19.9 Å². The highest BCUT2D eigenvalue weighted by molar-refractivity contribution is 7.20. The molecule has 0 unspecified atom stereocenters. The smallest absolute Gasteiger partial charge is 0.475 e. The molecular weight excluding hydrogens is 409 g/mol. The fraction of sp³-hybridized carbons (Fsp3) is 0.389. The molecule has 0 bridgehead atoms. The predicted octanol–water partition coefficient (Wildman–Crippen LogP) is 3.63. The Balaban J connectivity index is 0.000000298. The van der Waals surface area contributed by atoms with Crippen molar-refractivity contribution in [1.29, 1.82) is 0 Å². The molecule has 3 aromatic heterocycles. The molecule has 29 heavy (non-hydrogen) atoms. The Morgan fingerprint density at radius 1 is 1.38 bits per heavy atom. The lowest BCUT2D eigenvalue weighted by Gasteiger charge is -2.16. The van der Waals surface area contributed by atoms with E-state index < -0.39 is 12.1 Å². The van der Waals surface area contributed by atoms with Gasteiger partial charge >= 0.3 is 12.1 Å². The highest BCUT2D eigenvalue weighted by Crippen LogP contribution is 2.24. The van der Waals surface area contributed by atoms with Gasteiger partial charge in [0.25, 0.3) is 5.91 Å². The minimum Gasteiger partial charge on any atom is -0.475 e. The monoisotopic (exact) mass is 428 g/mol. The Hall–Kier alpha value is -2.82. The van der Waals surface area contributed by atoms with Gasteiger partial charge in [0.05, 0.1) is 33.0 Å². The average Bonchev–Trinajstić information content (AvgIpc) is 3.32. The van der Waals surface area contributed by atoms with Gasteiger partial charge in [0, 0.05) is 19.2 Å². The molecule has 1 aliphatic rings. The number of carboxylic acids is 1. The third-order valence-corrected chi connectivity index (χ3v) is 5.60. The van der Waals surface area contributed by atoms with Crippen LogP contribution in [0.1, 0.15) is 39.7 Å². The molecule has 4 heterocycles. The number of H-pyrrole nitrogens is 1. The number of thiophene rings is 1. The quantitative estimate of drug-likeness (QED) is 0.593. The van der Waals surface area contributed by atoms with E-state index in [0.717, 1.165) is 45.3 Å². The number of alkyl halides is 3. The lowest BCUT2D eigenvalue weighted by atomic mass is 10.1. The van der Waals surface area contributed by atoms with Crippen molar-refractivity contribution < 1.29 is 27.9 Å². The van der Waals surface area contributed by atoms with Crippen molar-refractivity contribution in [3.8, 4) is 0 Å². The van der Waals surface area contributed by atoms with Gasteiger partial charge in [-0.25, -0.2) is 9.78 Å². The van der Waals surface area contributed by atoms with Crippen LogP contribution in [0.2, 0.25) is 0 Å². The number of amides is 1. The zero-order valence-electron chi connectivity index (χ0n) is 15.5. The second-order valence-electron chi connectivity index (χ2n) is 6.52. The number of nitrogens with zero attached hydrogens (tertiary/aromatic N) is 2. The first-order valence-corrected chi connectivity index (χ1v) is 9.68. The Morgan fingerprint density at radius 3 is 2.76 bits per heavy atom. The second-order valence-corrected chi connectivity index (χ2v) is 7.60. The van der Waals surface area contributed by atoms with E-state index in [-0.39, 0.29) is 5.91 Å². The number of aryl methyl sites for hydroxylation is 2. The number of hydrogen-bond donors (Lipinski definition) is 3. The maximum absolute atomic E-state index is 12.3. The molecule has 1 aliphatic heterocycles. The first-order valence-electron chi connectivity index (χ1n) is 8.87. The average molecular weight is 428 g/mol. The number of imidazole rings is 1. The third-order valence-electron chi connectivity index (χ3n) is 4.50. The number of rotatable bonds is 3. The van der Waals surface area contributed by atoms with Crippen LogP contribution in [0.15, 0.2) is 18.3 Å². The lowest BCUT2D eigenvalue weighted by molar-refractivity contribution is -0.192. The molecule has 1 amide bonds. The molecule has 4 rings (SSSR count). The van der Waals surface area contributed by atoms with Gasteiger partial charge in [-0.05, 0) is 31.9 Å². The van der Waals surface area contributed by atoms with Crippen molar-refractivity contribution in [3.63, 3.8) is 0 Å². The number of halogens is 3.